The number of nitrogens with zero attached hydrogens (tertiary/aromatic N) is 3. The van der Waals surface area contributed by atoms with Gasteiger partial charge < -0.3 is 9.47 Å². The Balaban J connectivity index is 1.48. The average molecular weight is 500 g/mol. The number of aromatic nitrogens is 2. The number of hydrogen-bond donors (Lipinski definition) is 2. The third-order valence-electron chi connectivity index (χ3n) is 4.50. The van der Waals surface area contributed by atoms with Crippen molar-refractivity contribution >= 4 is 51.4 Å². The predicted octanol–water partition coefficient (Wildman–Crippen LogP) is 5.16. The summed E-state index contributed by atoms with van der Waals surface area (Å²) in [4.78, 5) is 31.0. The fourth-order valence-corrected chi connectivity index (χ4v) is 3.45. The van der Waals surface area contributed by atoms with Gasteiger partial charge in [0.15, 0.2) is 6.61 Å². The minimum Gasteiger partial charge on any atom is -0.482 e. The summed E-state index contributed by atoms with van der Waals surface area (Å²) in [5, 5.41) is 14.0. The lowest BCUT2D eigenvalue weighted by Gasteiger charge is -2.12. The molecule has 1 heterocycles. The zero-order chi connectivity index (χ0) is 24.1. The fourth-order valence-electron chi connectivity index (χ4n) is 2.98. The number of amides is 1. The molecule has 1 amide bonds. The Labute approximate surface area is 202 Å². The first kappa shape index (κ1) is 23.0. The van der Waals surface area contributed by atoms with Gasteiger partial charge in [-0.2, -0.15) is 4.98 Å². The van der Waals surface area contributed by atoms with Crippen molar-refractivity contribution < 1.29 is 19.2 Å². The maximum absolute atomic E-state index is 12.2. The summed E-state index contributed by atoms with van der Waals surface area (Å²) >= 11 is 11.8. The summed E-state index contributed by atoms with van der Waals surface area (Å²) in [7, 11) is 0. The van der Waals surface area contributed by atoms with Gasteiger partial charge in [0.05, 0.1) is 9.95 Å². The van der Waals surface area contributed by atoms with Crippen LogP contribution in [0.3, 0.4) is 0 Å². The van der Waals surface area contributed by atoms with Gasteiger partial charge in [0, 0.05) is 10.4 Å². The minimum atomic E-state index is -0.709. The van der Waals surface area contributed by atoms with Crippen molar-refractivity contribution in [2.24, 2.45) is 0 Å². The molecule has 10 nitrogen and oxygen atoms in total. The molecule has 3 aromatic carbocycles. The smallest absolute Gasteiger partial charge is 0.374 e. The third kappa shape index (κ3) is 5.25. The van der Waals surface area contributed by atoms with Crippen LogP contribution in [0.5, 0.6) is 17.4 Å². The van der Waals surface area contributed by atoms with E-state index < -0.39 is 23.1 Å². The minimum absolute atomic E-state index is 0.231. The van der Waals surface area contributed by atoms with Crippen LogP contribution >= 0.6 is 23.2 Å². The number of benzene rings is 3. The number of nitro groups is 1. The van der Waals surface area contributed by atoms with E-state index in [1.54, 1.807) is 18.2 Å². The zero-order valence-corrected chi connectivity index (χ0v) is 18.7. The zero-order valence-electron chi connectivity index (χ0n) is 17.2. The van der Waals surface area contributed by atoms with E-state index in [0.717, 1.165) is 17.1 Å². The summed E-state index contributed by atoms with van der Waals surface area (Å²) in [6.07, 6.45) is 1.08. The molecule has 4 aromatic rings. The standard InChI is InChI=1S/C22H15Cl2N5O5/c23-14-8-9-18(16(24)10-14)33-11-19(30)27-28-21-20(29(31)32)22(26-12-25-21)34-17-7-3-5-13-4-1-2-6-15(13)17/h1-10,12H,11H2,(H,27,30)(H,25,26,28). The Morgan fingerprint density at radius 2 is 1.82 bits per heavy atom. The number of fused-ring (bicyclic) bond motifs is 1. The Kier molecular flexibility index (Phi) is 6.90. The summed E-state index contributed by atoms with van der Waals surface area (Å²) in [5.74, 6) is -0.580. The van der Waals surface area contributed by atoms with Gasteiger partial charge in [-0.05, 0) is 29.7 Å². The third-order valence-corrected chi connectivity index (χ3v) is 5.03. The van der Waals surface area contributed by atoms with Crippen LogP contribution in [0.25, 0.3) is 10.8 Å². The van der Waals surface area contributed by atoms with Gasteiger partial charge in [0.25, 0.3) is 5.91 Å². The molecule has 0 fully saturated rings. The highest BCUT2D eigenvalue weighted by molar-refractivity contribution is 6.35. The second-order valence-electron chi connectivity index (χ2n) is 6.75. The number of carbonyl (C=O) groups excluding carboxylic acids is 1. The van der Waals surface area contributed by atoms with E-state index in [4.69, 9.17) is 32.7 Å². The molecule has 0 unspecified atom stereocenters. The van der Waals surface area contributed by atoms with Crippen LogP contribution in [0.15, 0.2) is 67.0 Å². The van der Waals surface area contributed by atoms with Crippen molar-refractivity contribution in [2.75, 3.05) is 12.0 Å². The molecule has 34 heavy (non-hydrogen) atoms. The number of halogens is 2. The lowest BCUT2D eigenvalue weighted by atomic mass is 10.1. The number of anilines is 1. The number of hydrazine groups is 1. The van der Waals surface area contributed by atoms with Gasteiger partial charge in [0.2, 0.25) is 5.82 Å². The highest BCUT2D eigenvalue weighted by Gasteiger charge is 2.26. The number of ether oxygens (including phenoxy) is 2. The quantitative estimate of drug-likeness (QED) is 0.251. The first-order valence-corrected chi connectivity index (χ1v) is 10.5. The van der Waals surface area contributed by atoms with Gasteiger partial charge in [-0.3, -0.25) is 25.8 Å². The van der Waals surface area contributed by atoms with Crippen molar-refractivity contribution in [1.29, 1.82) is 0 Å². The first-order chi connectivity index (χ1) is 16.4. The maximum Gasteiger partial charge on any atom is 0.374 e. The average Bonchev–Trinajstić information content (AvgIpc) is 2.82. The number of carbonyl (C=O) groups is 1. The van der Waals surface area contributed by atoms with Crippen LogP contribution in [0.2, 0.25) is 10.0 Å². The Morgan fingerprint density at radius 1 is 1.03 bits per heavy atom. The Morgan fingerprint density at radius 3 is 2.62 bits per heavy atom. The Hall–Kier alpha value is -4.15. The van der Waals surface area contributed by atoms with Crippen molar-refractivity contribution in [1.82, 2.24) is 15.4 Å². The molecule has 0 atom stereocenters. The monoisotopic (exact) mass is 499 g/mol. The maximum atomic E-state index is 12.2. The largest absolute Gasteiger partial charge is 0.482 e. The molecule has 0 aliphatic rings. The van der Waals surface area contributed by atoms with E-state index in [1.807, 2.05) is 30.3 Å². The molecule has 0 spiro atoms. The molecule has 0 saturated heterocycles. The SMILES string of the molecule is O=C(COc1ccc(Cl)cc1Cl)NNc1ncnc(Oc2cccc3ccccc23)c1[N+](=O)[O-]. The van der Waals surface area contributed by atoms with Crippen LogP contribution in [-0.2, 0) is 4.79 Å². The number of hydrogen-bond acceptors (Lipinski definition) is 8. The lowest BCUT2D eigenvalue weighted by Crippen LogP contribution is -2.34. The van der Waals surface area contributed by atoms with Gasteiger partial charge in [-0.25, -0.2) is 4.98 Å². The van der Waals surface area contributed by atoms with Crippen LogP contribution in [0, 0.1) is 10.1 Å². The first-order valence-electron chi connectivity index (χ1n) is 9.70. The van der Waals surface area contributed by atoms with Gasteiger partial charge in [-0.15, -0.1) is 0 Å². The molecule has 0 radical (unpaired) electrons. The molecule has 0 saturated carbocycles. The molecule has 172 valence electrons. The van der Waals surface area contributed by atoms with E-state index in [-0.39, 0.29) is 22.5 Å². The molecule has 0 aliphatic heterocycles. The molecule has 0 aliphatic carbocycles. The Bertz CT molecular complexity index is 1380. The highest BCUT2D eigenvalue weighted by Crippen LogP contribution is 2.36. The topological polar surface area (TPSA) is 129 Å². The molecule has 4 rings (SSSR count). The van der Waals surface area contributed by atoms with Crippen LogP contribution in [-0.4, -0.2) is 27.4 Å². The van der Waals surface area contributed by atoms with E-state index in [1.165, 1.54) is 12.1 Å². The molecule has 2 N–H and O–H groups in total. The van der Waals surface area contributed by atoms with Crippen molar-refractivity contribution in [3.63, 3.8) is 0 Å². The summed E-state index contributed by atoms with van der Waals surface area (Å²) < 4.78 is 11.1. The highest BCUT2D eigenvalue weighted by atomic mass is 35.5. The fraction of sp³-hybridized carbons (Fsp3) is 0.0455. The van der Waals surface area contributed by atoms with Gasteiger partial charge in [-0.1, -0.05) is 59.6 Å². The van der Waals surface area contributed by atoms with E-state index in [0.29, 0.717) is 10.8 Å². The van der Waals surface area contributed by atoms with Crippen LogP contribution in [0.4, 0.5) is 11.5 Å². The lowest BCUT2D eigenvalue weighted by molar-refractivity contribution is -0.385. The molecule has 12 heteroatoms. The normalized spacial score (nSPS) is 10.5. The molecule has 0 bridgehead atoms. The van der Waals surface area contributed by atoms with Crippen molar-refractivity contribution in [3.05, 3.63) is 87.2 Å². The van der Waals surface area contributed by atoms with Crippen LogP contribution < -0.4 is 20.3 Å². The van der Waals surface area contributed by atoms with Crippen molar-refractivity contribution in [3.8, 4) is 17.4 Å². The number of nitrogens with one attached hydrogen (secondary N) is 2. The summed E-state index contributed by atoms with van der Waals surface area (Å²) in [6, 6.07) is 17.3. The molecular formula is C22H15Cl2N5O5. The second-order valence-corrected chi connectivity index (χ2v) is 7.59. The second kappa shape index (κ2) is 10.2. The molecular weight excluding hydrogens is 485 g/mol. The molecule has 1 aromatic heterocycles. The van der Waals surface area contributed by atoms with Crippen LogP contribution in [0.1, 0.15) is 0 Å². The predicted molar refractivity (Wildman–Crippen MR) is 126 cm³/mol. The summed E-state index contributed by atoms with van der Waals surface area (Å²) in [5.41, 5.74) is 4.14. The van der Waals surface area contributed by atoms with E-state index in [2.05, 4.69) is 20.8 Å². The van der Waals surface area contributed by atoms with E-state index >= 15 is 0 Å². The van der Waals surface area contributed by atoms with E-state index in [9.17, 15) is 14.9 Å². The summed E-state index contributed by atoms with van der Waals surface area (Å²) in [6.45, 7) is -0.424. The van der Waals surface area contributed by atoms with Crippen molar-refractivity contribution in [2.45, 2.75) is 0 Å². The van der Waals surface area contributed by atoms with Gasteiger partial charge in [0.1, 0.15) is 17.8 Å². The number of rotatable bonds is 8. The van der Waals surface area contributed by atoms with Gasteiger partial charge >= 0.3 is 11.6 Å².